The Morgan fingerprint density at radius 3 is 2.42 bits per heavy atom. The van der Waals surface area contributed by atoms with Gasteiger partial charge in [-0.2, -0.15) is 0 Å². The molecular formula is C15H21NO3. The molecule has 1 aromatic rings. The third kappa shape index (κ3) is 4.39. The molecule has 0 saturated heterocycles. The first-order valence-corrected chi connectivity index (χ1v) is 6.37. The monoisotopic (exact) mass is 263 g/mol. The maximum absolute atomic E-state index is 11.7. The summed E-state index contributed by atoms with van der Waals surface area (Å²) < 4.78 is 9.87. The van der Waals surface area contributed by atoms with E-state index in [0.29, 0.717) is 0 Å². The summed E-state index contributed by atoms with van der Waals surface area (Å²) in [7, 11) is 3.01. The molecule has 0 amide bonds. The highest BCUT2D eigenvalue weighted by molar-refractivity contribution is 5.84. The number of aliphatic imine (C=N–C) groups is 1. The first kappa shape index (κ1) is 15.2. The Hall–Kier alpha value is -1.84. The van der Waals surface area contributed by atoms with Gasteiger partial charge < -0.3 is 9.47 Å². The molecule has 0 spiro atoms. The predicted octanol–water partition coefficient (Wildman–Crippen LogP) is 2.70. The second kappa shape index (κ2) is 7.56. The lowest BCUT2D eigenvalue weighted by Gasteiger charge is -2.16. The molecule has 2 atom stereocenters. The Balaban J connectivity index is 2.82. The molecule has 0 aromatic heterocycles. The SMILES string of the molecule is CC[C@H](C)[C@H](N=Cc1ccc(OC)cc1)C(=O)OC. The van der Waals surface area contributed by atoms with Crippen LogP contribution in [0.15, 0.2) is 29.3 Å². The Morgan fingerprint density at radius 1 is 1.32 bits per heavy atom. The largest absolute Gasteiger partial charge is 0.497 e. The first-order chi connectivity index (χ1) is 9.12. The summed E-state index contributed by atoms with van der Waals surface area (Å²) in [5.41, 5.74) is 0.929. The van der Waals surface area contributed by atoms with E-state index in [1.54, 1.807) is 13.3 Å². The van der Waals surface area contributed by atoms with E-state index in [1.807, 2.05) is 38.1 Å². The number of hydrogen-bond acceptors (Lipinski definition) is 4. The molecule has 0 aliphatic carbocycles. The molecule has 0 N–H and O–H groups in total. The standard InChI is InChI=1S/C15H21NO3/c1-5-11(2)14(15(17)19-4)16-10-12-6-8-13(18-3)9-7-12/h6-11,14H,5H2,1-4H3/t11-,14-/m0/s1. The van der Waals surface area contributed by atoms with Crippen LogP contribution in [0.3, 0.4) is 0 Å². The van der Waals surface area contributed by atoms with Crippen molar-refractivity contribution in [3.05, 3.63) is 29.8 Å². The number of methoxy groups -OCH3 is 2. The van der Waals surface area contributed by atoms with Crippen LogP contribution in [0.2, 0.25) is 0 Å². The summed E-state index contributed by atoms with van der Waals surface area (Å²) in [6.45, 7) is 4.02. The molecule has 0 bridgehead atoms. The Kier molecular flexibility index (Phi) is 6.06. The fourth-order valence-electron chi connectivity index (χ4n) is 1.64. The van der Waals surface area contributed by atoms with E-state index in [-0.39, 0.29) is 11.9 Å². The summed E-state index contributed by atoms with van der Waals surface area (Å²) in [6.07, 6.45) is 2.58. The van der Waals surface area contributed by atoms with Crippen molar-refractivity contribution >= 4 is 12.2 Å². The van der Waals surface area contributed by atoms with Crippen molar-refractivity contribution in [1.82, 2.24) is 0 Å². The summed E-state index contributed by atoms with van der Waals surface area (Å²) in [5.74, 6) is 0.657. The van der Waals surface area contributed by atoms with E-state index >= 15 is 0 Å². The molecule has 1 rings (SSSR count). The van der Waals surface area contributed by atoms with Crippen molar-refractivity contribution in [2.45, 2.75) is 26.3 Å². The molecule has 104 valence electrons. The number of carbonyl (C=O) groups is 1. The molecule has 19 heavy (non-hydrogen) atoms. The van der Waals surface area contributed by atoms with Crippen LogP contribution < -0.4 is 4.74 Å². The number of ether oxygens (including phenoxy) is 2. The number of benzene rings is 1. The average Bonchev–Trinajstić information content (AvgIpc) is 2.47. The van der Waals surface area contributed by atoms with Crippen LogP contribution in [0, 0.1) is 5.92 Å². The number of nitrogens with zero attached hydrogens (tertiary/aromatic N) is 1. The van der Waals surface area contributed by atoms with E-state index in [0.717, 1.165) is 17.7 Å². The topological polar surface area (TPSA) is 47.9 Å². The van der Waals surface area contributed by atoms with Crippen LogP contribution in [-0.2, 0) is 9.53 Å². The van der Waals surface area contributed by atoms with E-state index < -0.39 is 6.04 Å². The van der Waals surface area contributed by atoms with Gasteiger partial charge in [0, 0.05) is 6.21 Å². The Bertz CT molecular complexity index is 426. The lowest BCUT2D eigenvalue weighted by atomic mass is 10.00. The molecule has 0 saturated carbocycles. The maximum atomic E-state index is 11.7. The predicted molar refractivity (Wildman–Crippen MR) is 75.8 cm³/mol. The quantitative estimate of drug-likeness (QED) is 0.585. The minimum atomic E-state index is -0.447. The van der Waals surface area contributed by atoms with Gasteiger partial charge in [-0.15, -0.1) is 0 Å². The minimum Gasteiger partial charge on any atom is -0.497 e. The highest BCUT2D eigenvalue weighted by atomic mass is 16.5. The van der Waals surface area contributed by atoms with Gasteiger partial charge in [-0.1, -0.05) is 20.3 Å². The van der Waals surface area contributed by atoms with E-state index in [4.69, 9.17) is 9.47 Å². The van der Waals surface area contributed by atoms with Gasteiger partial charge in [0.25, 0.3) is 0 Å². The van der Waals surface area contributed by atoms with Gasteiger partial charge in [0.2, 0.25) is 0 Å². The molecule has 1 aromatic carbocycles. The molecule has 0 heterocycles. The molecule has 0 aliphatic heterocycles. The normalized spacial score (nSPS) is 14.1. The van der Waals surface area contributed by atoms with Crippen LogP contribution in [0.1, 0.15) is 25.8 Å². The van der Waals surface area contributed by atoms with Crippen LogP contribution >= 0.6 is 0 Å². The lowest BCUT2D eigenvalue weighted by molar-refractivity contribution is -0.143. The van der Waals surface area contributed by atoms with Crippen LogP contribution in [0.25, 0.3) is 0 Å². The molecule has 0 radical (unpaired) electrons. The molecule has 0 aliphatic rings. The molecular weight excluding hydrogens is 242 g/mol. The van der Waals surface area contributed by atoms with Gasteiger partial charge in [0.1, 0.15) is 11.8 Å². The minimum absolute atomic E-state index is 0.155. The molecule has 4 nitrogen and oxygen atoms in total. The van der Waals surface area contributed by atoms with E-state index in [1.165, 1.54) is 7.11 Å². The van der Waals surface area contributed by atoms with Crippen LogP contribution in [-0.4, -0.2) is 32.4 Å². The first-order valence-electron chi connectivity index (χ1n) is 6.37. The Morgan fingerprint density at radius 2 is 1.95 bits per heavy atom. The van der Waals surface area contributed by atoms with Crippen LogP contribution in [0.5, 0.6) is 5.75 Å². The zero-order chi connectivity index (χ0) is 14.3. The van der Waals surface area contributed by atoms with Crippen molar-refractivity contribution in [2.24, 2.45) is 10.9 Å². The van der Waals surface area contributed by atoms with Crippen molar-refractivity contribution in [1.29, 1.82) is 0 Å². The fourth-order valence-corrected chi connectivity index (χ4v) is 1.64. The Labute approximate surface area is 114 Å². The lowest BCUT2D eigenvalue weighted by Crippen LogP contribution is -2.27. The zero-order valence-corrected chi connectivity index (χ0v) is 11.9. The van der Waals surface area contributed by atoms with Gasteiger partial charge in [0.05, 0.1) is 14.2 Å². The maximum Gasteiger partial charge on any atom is 0.330 e. The number of carbonyl (C=O) groups excluding carboxylic acids is 1. The highest BCUT2D eigenvalue weighted by Crippen LogP contribution is 2.14. The van der Waals surface area contributed by atoms with Gasteiger partial charge in [0.15, 0.2) is 0 Å². The van der Waals surface area contributed by atoms with Crippen molar-refractivity contribution < 1.29 is 14.3 Å². The second-order valence-corrected chi connectivity index (χ2v) is 4.40. The number of esters is 1. The zero-order valence-electron chi connectivity index (χ0n) is 11.9. The second-order valence-electron chi connectivity index (χ2n) is 4.40. The molecule has 0 fully saturated rings. The van der Waals surface area contributed by atoms with Gasteiger partial charge in [-0.3, -0.25) is 4.99 Å². The summed E-state index contributed by atoms with van der Waals surface area (Å²) in [6, 6.07) is 7.06. The van der Waals surface area contributed by atoms with E-state index in [2.05, 4.69) is 4.99 Å². The van der Waals surface area contributed by atoms with Crippen molar-refractivity contribution in [3.8, 4) is 5.75 Å². The summed E-state index contributed by atoms with van der Waals surface area (Å²) in [5, 5.41) is 0. The van der Waals surface area contributed by atoms with Crippen molar-refractivity contribution in [2.75, 3.05) is 14.2 Å². The van der Waals surface area contributed by atoms with E-state index in [9.17, 15) is 4.79 Å². The van der Waals surface area contributed by atoms with Crippen LogP contribution in [0.4, 0.5) is 0 Å². The third-order valence-electron chi connectivity index (χ3n) is 3.13. The van der Waals surface area contributed by atoms with Gasteiger partial charge in [-0.25, -0.2) is 4.79 Å². The number of rotatable bonds is 6. The number of hydrogen-bond donors (Lipinski definition) is 0. The molecule has 4 heteroatoms. The summed E-state index contributed by atoms with van der Waals surface area (Å²) in [4.78, 5) is 16.0. The third-order valence-corrected chi connectivity index (χ3v) is 3.13. The fraction of sp³-hybridized carbons (Fsp3) is 0.467. The van der Waals surface area contributed by atoms with Gasteiger partial charge in [-0.05, 0) is 35.7 Å². The smallest absolute Gasteiger partial charge is 0.330 e. The summed E-state index contributed by atoms with van der Waals surface area (Å²) >= 11 is 0. The van der Waals surface area contributed by atoms with Gasteiger partial charge >= 0.3 is 5.97 Å². The van der Waals surface area contributed by atoms with Crippen molar-refractivity contribution in [3.63, 3.8) is 0 Å². The average molecular weight is 263 g/mol. The highest BCUT2D eigenvalue weighted by Gasteiger charge is 2.23. The molecule has 0 unspecified atom stereocenters.